The van der Waals surface area contributed by atoms with E-state index in [-0.39, 0.29) is 25.7 Å². The Labute approximate surface area is 248 Å². The number of fused-ring (bicyclic) bond motifs is 1. The lowest BCUT2D eigenvalue weighted by Gasteiger charge is -2.49. The predicted octanol–water partition coefficient (Wildman–Crippen LogP) is -5.68. The molecule has 3 saturated heterocycles. The first-order chi connectivity index (χ1) is 20.3. The van der Waals surface area contributed by atoms with Gasteiger partial charge in [-0.3, -0.25) is 0 Å². The van der Waals surface area contributed by atoms with Crippen LogP contribution in [0.2, 0.25) is 0 Å². The van der Waals surface area contributed by atoms with Crippen molar-refractivity contribution in [1.82, 2.24) is 0 Å². The van der Waals surface area contributed by atoms with Gasteiger partial charge in [-0.15, -0.1) is 0 Å². The third-order valence-corrected chi connectivity index (χ3v) is 9.84. The van der Waals surface area contributed by atoms with Crippen LogP contribution >= 0.6 is 0 Å². The average Bonchev–Trinajstić information content (AvgIpc) is 2.96. The molecule has 0 aromatic rings. The third-order valence-electron chi connectivity index (χ3n) is 9.84. The van der Waals surface area contributed by atoms with Crippen LogP contribution < -0.4 is 0 Å². The van der Waals surface area contributed by atoms with Crippen molar-refractivity contribution in [3.63, 3.8) is 0 Å². The normalized spacial score (nSPS) is 56.4. The molecule has 0 spiro atoms. The molecular formula is C27H47O16+. The zero-order chi connectivity index (χ0) is 31.3. The fourth-order valence-corrected chi connectivity index (χ4v) is 7.24. The second-order valence-electron chi connectivity index (χ2n) is 12.9. The summed E-state index contributed by atoms with van der Waals surface area (Å²) >= 11 is 0. The van der Waals surface area contributed by atoms with Crippen LogP contribution in [0.4, 0.5) is 0 Å². The van der Waals surface area contributed by atoms with Gasteiger partial charge in [0.15, 0.2) is 24.8 Å². The van der Waals surface area contributed by atoms with Gasteiger partial charge in [-0.05, 0) is 26.2 Å². The lowest BCUT2D eigenvalue weighted by Crippen LogP contribution is -2.64. The third kappa shape index (κ3) is 6.90. The van der Waals surface area contributed by atoms with Crippen molar-refractivity contribution in [1.29, 1.82) is 0 Å². The topological polar surface area (TPSA) is 272 Å². The Balaban J connectivity index is 1.30. The van der Waals surface area contributed by atoms with E-state index < -0.39 is 129 Å². The van der Waals surface area contributed by atoms with Crippen LogP contribution in [0, 0.1) is 11.8 Å². The van der Waals surface area contributed by atoms with Crippen molar-refractivity contribution < 1.29 is 79.9 Å². The van der Waals surface area contributed by atoms with Gasteiger partial charge >= 0.3 is 0 Å². The second-order valence-corrected chi connectivity index (χ2v) is 12.9. The molecule has 2 aliphatic carbocycles. The van der Waals surface area contributed by atoms with Crippen LogP contribution in [0.5, 0.6) is 0 Å². The maximum absolute atomic E-state index is 10.8. The van der Waals surface area contributed by atoms with Crippen molar-refractivity contribution in [3.05, 3.63) is 0 Å². The molecule has 5 rings (SSSR count). The minimum Gasteiger partial charge on any atom is -0.427 e. The molecular weight excluding hydrogens is 580 g/mol. The summed E-state index contributed by atoms with van der Waals surface area (Å²) in [6.07, 6.45) is -21.3. The van der Waals surface area contributed by atoms with Crippen LogP contribution in [0.1, 0.15) is 39.0 Å². The van der Waals surface area contributed by atoms with Gasteiger partial charge in [0.1, 0.15) is 54.9 Å². The summed E-state index contributed by atoms with van der Waals surface area (Å²) in [5.41, 5.74) is 0. The van der Waals surface area contributed by atoms with E-state index in [4.69, 9.17) is 23.7 Å². The Hall–Kier alpha value is -0.640. The highest BCUT2D eigenvalue weighted by Gasteiger charge is 2.55. The van der Waals surface area contributed by atoms with Crippen LogP contribution in [-0.4, -0.2) is 178 Å². The molecule has 250 valence electrons. The molecule has 16 heteroatoms. The molecule has 5 aliphatic rings. The Morgan fingerprint density at radius 3 is 1.93 bits per heavy atom. The van der Waals surface area contributed by atoms with Crippen molar-refractivity contribution in [3.8, 4) is 0 Å². The molecule has 0 radical (unpaired) electrons. The standard InChI is InChI=1S/C27H46O16/c1-8-18(32)21(35)23(37)26(40-8)39-7-17-20(34)22(36)24(38)27(43-17)42-16-6-11-12(29)4-10(28)5-15(11)41-25(16)9-2-13(30)19(33)14(31)3-9/h8-38H,2-7H2,1H3/p+1/t8-,9?,10?,11?,12?,13?,14?,15?,16?,17-,18-,19?,20-,21+,22+,23+,24-,25?,26+,27-/m1/s1. The summed E-state index contributed by atoms with van der Waals surface area (Å²) in [6, 6.07) is 0. The number of hydrogen-bond acceptors (Lipinski definition) is 15. The van der Waals surface area contributed by atoms with Crippen LogP contribution in [0.3, 0.4) is 0 Å². The molecule has 3 heterocycles. The first-order valence-corrected chi connectivity index (χ1v) is 15.0. The molecule has 5 fully saturated rings. The van der Waals surface area contributed by atoms with E-state index in [9.17, 15) is 56.2 Å². The first-order valence-electron chi connectivity index (χ1n) is 15.0. The van der Waals surface area contributed by atoms with E-state index in [1.54, 1.807) is 0 Å². The van der Waals surface area contributed by atoms with E-state index in [1.807, 2.05) is 0 Å². The highest BCUT2D eigenvalue weighted by atomic mass is 16.7. The minimum atomic E-state index is -1.74. The van der Waals surface area contributed by atoms with Crippen molar-refractivity contribution in [2.75, 3.05) is 6.61 Å². The van der Waals surface area contributed by atoms with E-state index in [2.05, 4.69) is 0 Å². The highest BCUT2D eigenvalue weighted by molar-refractivity contribution is 4.99. The molecule has 12 N–H and O–H groups in total. The molecule has 0 amide bonds. The molecule has 16 nitrogen and oxygen atoms in total. The lowest BCUT2D eigenvalue weighted by molar-refractivity contribution is -0.363. The molecule has 18 atom stereocenters. The summed E-state index contributed by atoms with van der Waals surface area (Å²) in [5, 5.41) is 114. The molecule has 0 aromatic carbocycles. The Morgan fingerprint density at radius 1 is 0.628 bits per heavy atom. The van der Waals surface area contributed by atoms with Gasteiger partial charge in [-0.1, -0.05) is 0 Å². The summed E-state index contributed by atoms with van der Waals surface area (Å²) in [7, 11) is 0. The van der Waals surface area contributed by atoms with Gasteiger partial charge in [-0.2, -0.15) is 0 Å². The molecule has 8 unspecified atom stereocenters. The van der Waals surface area contributed by atoms with Gasteiger partial charge in [0.25, 0.3) is 0 Å². The molecule has 2 saturated carbocycles. The van der Waals surface area contributed by atoms with E-state index in [1.165, 1.54) is 6.92 Å². The van der Waals surface area contributed by atoms with Crippen LogP contribution in [0.25, 0.3) is 0 Å². The fourth-order valence-electron chi connectivity index (χ4n) is 7.24. The maximum Gasteiger partial charge on any atom is 0.187 e. The molecule has 0 aromatic heterocycles. The van der Waals surface area contributed by atoms with Gasteiger partial charge in [-0.25, -0.2) is 0 Å². The maximum atomic E-state index is 10.8. The fraction of sp³-hybridized carbons (Fsp3) is 1.00. The number of ether oxygens (including phenoxy) is 5. The van der Waals surface area contributed by atoms with E-state index in [0.29, 0.717) is 6.42 Å². The monoisotopic (exact) mass is 627 g/mol. The Kier molecular flexibility index (Phi) is 10.7. The zero-order valence-corrected chi connectivity index (χ0v) is 23.8. The summed E-state index contributed by atoms with van der Waals surface area (Å²) in [6.45, 7) is 0.998. The summed E-state index contributed by atoms with van der Waals surface area (Å²) in [4.78, 5) is 0. The molecule has 0 bridgehead atoms. The van der Waals surface area contributed by atoms with Crippen molar-refractivity contribution in [2.45, 2.75) is 149 Å². The van der Waals surface area contributed by atoms with Gasteiger partial charge in [0, 0.05) is 18.8 Å². The molecule has 3 aliphatic heterocycles. The summed E-state index contributed by atoms with van der Waals surface area (Å²) in [5.74, 6) is -0.877. The van der Waals surface area contributed by atoms with Gasteiger partial charge in [0.05, 0.1) is 43.0 Å². The highest BCUT2D eigenvalue weighted by Crippen LogP contribution is 2.42. The van der Waals surface area contributed by atoms with Crippen LogP contribution in [0.15, 0.2) is 0 Å². The quantitative estimate of drug-likeness (QED) is 0.123. The predicted molar refractivity (Wildman–Crippen MR) is 140 cm³/mol. The molecule has 43 heavy (non-hydrogen) atoms. The Morgan fingerprint density at radius 2 is 1.26 bits per heavy atom. The smallest absolute Gasteiger partial charge is 0.187 e. The minimum absolute atomic E-state index is 0.0866. The number of rotatable bonds is 6. The number of hydrogen-bond donors (Lipinski definition) is 11. The van der Waals surface area contributed by atoms with Gasteiger partial charge in [0.2, 0.25) is 0 Å². The largest absolute Gasteiger partial charge is 0.427 e. The van der Waals surface area contributed by atoms with Crippen LogP contribution in [-0.2, 0) is 18.9 Å². The summed E-state index contributed by atoms with van der Waals surface area (Å²) < 4.78 is 27.8. The second kappa shape index (κ2) is 13.6. The van der Waals surface area contributed by atoms with Crippen molar-refractivity contribution in [2.24, 2.45) is 11.8 Å². The van der Waals surface area contributed by atoms with E-state index >= 15 is 0 Å². The lowest BCUT2D eigenvalue weighted by atomic mass is 9.72. The number of aliphatic hydroxyl groups excluding tert-OH is 11. The van der Waals surface area contributed by atoms with Crippen molar-refractivity contribution >= 4 is 0 Å². The zero-order valence-electron chi connectivity index (χ0n) is 23.8. The van der Waals surface area contributed by atoms with Gasteiger partial charge < -0.3 is 79.9 Å². The SMILES string of the molecule is C[C@H]1O[C@H](OC[C@H]2O[C@@H](OC3CC4C(O)CC(O)CC4[OH+]C3C3CC(O)C(O)C(O)C3)[C@H](O)[C@@H](O)[C@@H]2O)[C@@H](O)[C@@H](O)[C@@H]1O. The first kappa shape index (κ1) is 33.7. The van der Waals surface area contributed by atoms with E-state index in [0.717, 1.165) is 0 Å². The average molecular weight is 628 g/mol. The number of aliphatic hydroxyl groups is 13. The Bertz CT molecular complexity index is 902.